The third kappa shape index (κ3) is 1.91. The van der Waals surface area contributed by atoms with Crippen LogP contribution in [0.3, 0.4) is 0 Å². The molecule has 0 radical (unpaired) electrons. The minimum atomic E-state index is -0.741. The highest BCUT2D eigenvalue weighted by molar-refractivity contribution is 5.54. The quantitative estimate of drug-likeness (QED) is 0.844. The fraction of sp³-hybridized carbons (Fsp3) is 0.538. The number of ether oxygens (including phenoxy) is 2. The summed E-state index contributed by atoms with van der Waals surface area (Å²) in [4.78, 5) is 2.08. The number of nitrogens with two attached hydrogens (primary N) is 1. The summed E-state index contributed by atoms with van der Waals surface area (Å²) in [6, 6.07) is 1.62. The first-order valence-corrected chi connectivity index (χ1v) is 6.33. The van der Waals surface area contributed by atoms with Crippen LogP contribution in [0.25, 0.3) is 0 Å². The lowest BCUT2D eigenvalue weighted by molar-refractivity contribution is 0.170. The van der Waals surface area contributed by atoms with E-state index in [-0.39, 0.29) is 24.3 Å². The summed E-state index contributed by atoms with van der Waals surface area (Å²) < 4.78 is 24.2. The van der Waals surface area contributed by atoms with E-state index in [0.717, 1.165) is 13.0 Å². The van der Waals surface area contributed by atoms with E-state index in [2.05, 4.69) is 4.90 Å². The molecule has 0 amide bonds. The minimum absolute atomic E-state index is 0.00252. The summed E-state index contributed by atoms with van der Waals surface area (Å²) >= 11 is 0. The maximum absolute atomic E-state index is 14.0. The van der Waals surface area contributed by atoms with Crippen LogP contribution in [0, 0.1) is 11.7 Å². The Kier molecular flexibility index (Phi) is 2.99. The van der Waals surface area contributed by atoms with E-state index in [1.54, 1.807) is 6.07 Å². The van der Waals surface area contributed by atoms with Crippen molar-refractivity contribution in [2.45, 2.75) is 12.5 Å². The zero-order valence-electron chi connectivity index (χ0n) is 10.7. The molecular formula is C13H17FN2O3. The average Bonchev–Trinajstić information content (AvgIpc) is 3.00. The molecule has 3 N–H and O–H groups in total. The summed E-state index contributed by atoms with van der Waals surface area (Å²) in [5, 5.41) is 10.0. The molecule has 5 nitrogen and oxygen atoms in total. The Hall–Kier alpha value is -1.53. The van der Waals surface area contributed by atoms with Gasteiger partial charge in [-0.25, -0.2) is 0 Å². The number of fused-ring (bicyclic) bond motifs is 1. The van der Waals surface area contributed by atoms with Crippen molar-refractivity contribution in [3.63, 3.8) is 0 Å². The van der Waals surface area contributed by atoms with Gasteiger partial charge in [0.1, 0.15) is 0 Å². The van der Waals surface area contributed by atoms with Gasteiger partial charge in [0.2, 0.25) is 18.4 Å². The Labute approximate surface area is 110 Å². The number of rotatable bonds is 2. The van der Waals surface area contributed by atoms with E-state index in [9.17, 15) is 9.50 Å². The third-order valence-corrected chi connectivity index (χ3v) is 3.94. The molecule has 104 valence electrons. The fourth-order valence-electron chi connectivity index (χ4n) is 2.91. The number of phenols is 1. The predicted molar refractivity (Wildman–Crippen MR) is 66.7 cm³/mol. The molecule has 1 aromatic carbocycles. The molecular weight excluding hydrogens is 251 g/mol. The summed E-state index contributed by atoms with van der Waals surface area (Å²) in [6.07, 6.45) is 0.805. The summed E-state index contributed by atoms with van der Waals surface area (Å²) in [7, 11) is 1.95. The normalized spacial score (nSPS) is 26.1. The Bertz CT molecular complexity index is 509. The molecule has 2 atom stereocenters. The van der Waals surface area contributed by atoms with Gasteiger partial charge in [0.15, 0.2) is 11.5 Å². The maximum Gasteiger partial charge on any atom is 0.231 e. The Morgan fingerprint density at radius 2 is 2.32 bits per heavy atom. The smallest absolute Gasteiger partial charge is 0.231 e. The summed E-state index contributed by atoms with van der Waals surface area (Å²) in [6.45, 7) is 1.42. The van der Waals surface area contributed by atoms with Gasteiger partial charge in [-0.05, 0) is 32.0 Å². The van der Waals surface area contributed by atoms with Gasteiger partial charge in [0.25, 0.3) is 0 Å². The van der Waals surface area contributed by atoms with Crippen LogP contribution in [-0.4, -0.2) is 36.9 Å². The van der Waals surface area contributed by atoms with Crippen LogP contribution in [0.15, 0.2) is 6.07 Å². The molecule has 1 aromatic rings. The first kappa shape index (κ1) is 12.5. The molecule has 1 fully saturated rings. The van der Waals surface area contributed by atoms with Crippen molar-refractivity contribution in [3.8, 4) is 17.2 Å². The molecule has 1 saturated heterocycles. The van der Waals surface area contributed by atoms with Gasteiger partial charge >= 0.3 is 0 Å². The van der Waals surface area contributed by atoms with Crippen LogP contribution in [0.4, 0.5) is 4.39 Å². The number of nitrogens with zero attached hydrogens (tertiary/aromatic N) is 1. The minimum Gasteiger partial charge on any atom is -0.504 e. The molecule has 19 heavy (non-hydrogen) atoms. The summed E-state index contributed by atoms with van der Waals surface area (Å²) in [5.74, 6) is -0.372. The molecule has 2 aliphatic heterocycles. The molecule has 0 aliphatic carbocycles. The van der Waals surface area contributed by atoms with E-state index in [4.69, 9.17) is 15.2 Å². The molecule has 2 unspecified atom stereocenters. The van der Waals surface area contributed by atoms with Gasteiger partial charge in [-0.3, -0.25) is 4.90 Å². The number of hydrogen-bond donors (Lipinski definition) is 2. The summed E-state index contributed by atoms with van der Waals surface area (Å²) in [5.41, 5.74) is 6.23. The van der Waals surface area contributed by atoms with Gasteiger partial charge < -0.3 is 20.3 Å². The van der Waals surface area contributed by atoms with Gasteiger partial charge in [-0.1, -0.05) is 0 Å². The van der Waals surface area contributed by atoms with Crippen molar-refractivity contribution in [3.05, 3.63) is 17.4 Å². The number of likely N-dealkylation sites (tertiary alicyclic amines) is 1. The highest BCUT2D eigenvalue weighted by Crippen LogP contribution is 2.46. The second-order valence-electron chi connectivity index (χ2n) is 5.15. The predicted octanol–water partition coefficient (Wildman–Crippen LogP) is 1.21. The SMILES string of the molecule is CN1CC(CN)CC1c1cc2c(c(F)c1O)OCO2. The lowest BCUT2D eigenvalue weighted by Crippen LogP contribution is -2.20. The molecule has 2 heterocycles. The van der Waals surface area contributed by atoms with Gasteiger partial charge in [0.05, 0.1) is 0 Å². The Balaban J connectivity index is 2.00. The van der Waals surface area contributed by atoms with Crippen molar-refractivity contribution in [2.24, 2.45) is 11.7 Å². The molecule has 2 aliphatic rings. The molecule has 0 aromatic heterocycles. The second-order valence-corrected chi connectivity index (χ2v) is 5.15. The number of hydrogen-bond acceptors (Lipinski definition) is 5. The average molecular weight is 268 g/mol. The van der Waals surface area contributed by atoms with E-state index >= 15 is 0 Å². The molecule has 0 bridgehead atoms. The first-order valence-electron chi connectivity index (χ1n) is 6.33. The molecule has 3 rings (SSSR count). The lowest BCUT2D eigenvalue weighted by atomic mass is 9.98. The molecule has 0 saturated carbocycles. The number of aromatic hydroxyl groups is 1. The van der Waals surface area contributed by atoms with E-state index in [1.807, 2.05) is 7.05 Å². The van der Waals surface area contributed by atoms with E-state index in [0.29, 0.717) is 23.8 Å². The van der Waals surface area contributed by atoms with Gasteiger partial charge in [-0.15, -0.1) is 0 Å². The van der Waals surface area contributed by atoms with Crippen LogP contribution in [0.2, 0.25) is 0 Å². The van der Waals surface area contributed by atoms with Gasteiger partial charge in [0, 0.05) is 18.2 Å². The number of halogens is 1. The lowest BCUT2D eigenvalue weighted by Gasteiger charge is -2.21. The Morgan fingerprint density at radius 3 is 3.00 bits per heavy atom. The van der Waals surface area contributed by atoms with Crippen LogP contribution in [0.1, 0.15) is 18.0 Å². The van der Waals surface area contributed by atoms with E-state index in [1.165, 1.54) is 0 Å². The molecule has 6 heteroatoms. The zero-order chi connectivity index (χ0) is 13.6. The second kappa shape index (κ2) is 4.54. The van der Waals surface area contributed by atoms with Crippen molar-refractivity contribution < 1.29 is 19.0 Å². The molecule has 0 spiro atoms. The number of benzene rings is 1. The standard InChI is InChI=1S/C13H17FN2O3/c1-16-5-7(4-15)2-9(16)8-3-10-13(19-6-18-10)11(14)12(8)17/h3,7,9,17H,2,4-6,15H2,1H3. The highest BCUT2D eigenvalue weighted by Gasteiger charge is 2.34. The van der Waals surface area contributed by atoms with Crippen molar-refractivity contribution >= 4 is 0 Å². The van der Waals surface area contributed by atoms with Gasteiger partial charge in [-0.2, -0.15) is 4.39 Å². The first-order chi connectivity index (χ1) is 9.11. The Morgan fingerprint density at radius 1 is 1.53 bits per heavy atom. The maximum atomic E-state index is 14.0. The van der Waals surface area contributed by atoms with E-state index < -0.39 is 5.82 Å². The monoisotopic (exact) mass is 268 g/mol. The zero-order valence-corrected chi connectivity index (χ0v) is 10.7. The van der Waals surface area contributed by atoms with Crippen molar-refractivity contribution in [1.82, 2.24) is 4.90 Å². The van der Waals surface area contributed by atoms with Crippen LogP contribution < -0.4 is 15.2 Å². The van der Waals surface area contributed by atoms with Crippen molar-refractivity contribution in [2.75, 3.05) is 26.9 Å². The largest absolute Gasteiger partial charge is 0.504 e. The topological polar surface area (TPSA) is 68.0 Å². The van der Waals surface area contributed by atoms with Crippen LogP contribution in [0.5, 0.6) is 17.2 Å². The van der Waals surface area contributed by atoms with Crippen molar-refractivity contribution in [1.29, 1.82) is 0 Å². The third-order valence-electron chi connectivity index (χ3n) is 3.94. The fourth-order valence-corrected chi connectivity index (χ4v) is 2.91. The number of phenolic OH excluding ortho intramolecular Hbond substituents is 1. The highest BCUT2D eigenvalue weighted by atomic mass is 19.1. The van der Waals surface area contributed by atoms with Crippen LogP contribution >= 0.6 is 0 Å². The van der Waals surface area contributed by atoms with Crippen LogP contribution in [-0.2, 0) is 0 Å².